The first kappa shape index (κ1) is 42.5. The number of guanidine groups is 1. The number of nitrogens with two attached hydrogens (primary N) is 3. The van der Waals surface area contributed by atoms with Crippen molar-refractivity contribution in [2.45, 2.75) is 114 Å². The Morgan fingerprint density at radius 3 is 2.13 bits per heavy atom. The van der Waals surface area contributed by atoms with Gasteiger partial charge in [0.1, 0.15) is 36.3 Å². The molecule has 8 atom stereocenters. The van der Waals surface area contributed by atoms with E-state index >= 15 is 0 Å². The van der Waals surface area contributed by atoms with Gasteiger partial charge >= 0.3 is 0 Å². The molecule has 0 spiro atoms. The SMILES string of the molecule is CC[C@H](C)[C@@H]1NC(=O)[C@H]([C@@H](C)O)NC(=O)[C@H]2CCCN2C(=O)[C@H](Cc2c[nH]c3ccccc23)NC(=O)[C@H](CCCN)NC(=O)[C@@H](CCCN=C(N)N)NC1=O. The van der Waals surface area contributed by atoms with Crippen LogP contribution in [0.5, 0.6) is 0 Å². The van der Waals surface area contributed by atoms with Crippen molar-refractivity contribution in [2.24, 2.45) is 28.1 Å². The molecule has 6 amide bonds. The van der Waals surface area contributed by atoms with Gasteiger partial charge in [-0.1, -0.05) is 38.5 Å². The largest absolute Gasteiger partial charge is 0.391 e. The number of nitrogens with one attached hydrogen (secondary N) is 6. The summed E-state index contributed by atoms with van der Waals surface area (Å²) in [6, 6.07) is 0.317. The second-order valence-corrected chi connectivity index (χ2v) is 14.4. The fourth-order valence-corrected chi connectivity index (χ4v) is 6.99. The lowest BCUT2D eigenvalue weighted by Gasteiger charge is -2.33. The van der Waals surface area contributed by atoms with Crippen molar-refractivity contribution < 1.29 is 33.9 Å². The summed E-state index contributed by atoms with van der Waals surface area (Å²) in [6.07, 6.45) is 2.42. The third kappa shape index (κ3) is 11.2. The van der Waals surface area contributed by atoms with E-state index in [0.29, 0.717) is 19.3 Å². The molecule has 2 fully saturated rings. The summed E-state index contributed by atoms with van der Waals surface area (Å²) in [6.45, 7) is 5.45. The number of aliphatic hydroxyl groups excluding tert-OH is 1. The smallest absolute Gasteiger partial charge is 0.246 e. The number of amides is 6. The van der Waals surface area contributed by atoms with Crippen molar-refractivity contribution in [3.63, 3.8) is 0 Å². The first-order valence-electron chi connectivity index (χ1n) is 19.1. The van der Waals surface area contributed by atoms with Gasteiger partial charge in [0.05, 0.1) is 6.10 Å². The molecule has 0 radical (unpaired) electrons. The van der Waals surface area contributed by atoms with Gasteiger partial charge in [-0.15, -0.1) is 0 Å². The van der Waals surface area contributed by atoms with E-state index in [-0.39, 0.29) is 57.7 Å². The summed E-state index contributed by atoms with van der Waals surface area (Å²) in [4.78, 5) is 92.7. The van der Waals surface area contributed by atoms with Crippen LogP contribution < -0.4 is 43.8 Å². The Bertz CT molecular complexity index is 1710. The number of para-hydroxylation sites is 1. The third-order valence-corrected chi connectivity index (χ3v) is 10.3. The fourth-order valence-electron chi connectivity index (χ4n) is 6.99. The zero-order chi connectivity index (χ0) is 40.2. The van der Waals surface area contributed by atoms with Gasteiger partial charge in [-0.2, -0.15) is 0 Å². The minimum absolute atomic E-state index is 0.0517. The van der Waals surface area contributed by atoms with Crippen LogP contribution in [0.2, 0.25) is 0 Å². The van der Waals surface area contributed by atoms with Gasteiger partial charge in [-0.3, -0.25) is 33.8 Å². The van der Waals surface area contributed by atoms with E-state index in [9.17, 15) is 33.9 Å². The highest BCUT2D eigenvalue weighted by Gasteiger charge is 2.41. The van der Waals surface area contributed by atoms with Crippen LogP contribution in [-0.2, 0) is 35.2 Å². The quantitative estimate of drug-likeness (QED) is 0.0668. The lowest BCUT2D eigenvalue weighted by atomic mass is 9.96. The maximum atomic E-state index is 14.5. The van der Waals surface area contributed by atoms with E-state index in [2.05, 4.69) is 36.6 Å². The number of nitrogens with zero attached hydrogens (tertiary/aromatic N) is 2. The second kappa shape index (κ2) is 19.9. The maximum absolute atomic E-state index is 14.5. The van der Waals surface area contributed by atoms with Crippen LogP contribution in [-0.4, -0.2) is 118 Å². The monoisotopic (exact) mass is 767 g/mol. The van der Waals surface area contributed by atoms with Crippen LogP contribution in [0.4, 0.5) is 0 Å². The molecule has 2 aromatic rings. The zero-order valence-corrected chi connectivity index (χ0v) is 31.8. The van der Waals surface area contributed by atoms with Gasteiger partial charge in [0.2, 0.25) is 35.4 Å². The lowest BCUT2D eigenvalue weighted by molar-refractivity contribution is -0.143. The topological polar surface area (TPSA) is 292 Å². The van der Waals surface area contributed by atoms with Gasteiger partial charge in [-0.05, 0) is 69.5 Å². The highest BCUT2D eigenvalue weighted by molar-refractivity contribution is 5.99. The Morgan fingerprint density at radius 1 is 0.855 bits per heavy atom. The first-order valence-corrected chi connectivity index (χ1v) is 19.1. The van der Waals surface area contributed by atoms with Gasteiger partial charge < -0.3 is 58.8 Å². The lowest BCUT2D eigenvalue weighted by Crippen LogP contribution is -2.63. The molecule has 302 valence electrons. The fraction of sp³-hybridized carbons (Fsp3) is 0.595. The number of benzene rings is 1. The van der Waals surface area contributed by atoms with Gasteiger partial charge in [0.25, 0.3) is 0 Å². The minimum Gasteiger partial charge on any atom is -0.391 e. The summed E-state index contributed by atoms with van der Waals surface area (Å²) in [5, 5.41) is 25.2. The number of H-pyrrole nitrogens is 1. The van der Waals surface area contributed by atoms with Crippen molar-refractivity contribution in [3.05, 3.63) is 36.0 Å². The highest BCUT2D eigenvalue weighted by Crippen LogP contribution is 2.24. The zero-order valence-electron chi connectivity index (χ0n) is 31.8. The van der Waals surface area contributed by atoms with Crippen LogP contribution >= 0.6 is 0 Å². The normalized spacial score (nSPS) is 25.7. The highest BCUT2D eigenvalue weighted by atomic mass is 16.3. The molecule has 3 heterocycles. The summed E-state index contributed by atoms with van der Waals surface area (Å²) in [7, 11) is 0. The second-order valence-electron chi connectivity index (χ2n) is 14.4. The number of aliphatic imine (C=N–C) groups is 1. The van der Waals surface area contributed by atoms with Crippen LogP contribution in [0, 0.1) is 5.92 Å². The summed E-state index contributed by atoms with van der Waals surface area (Å²) >= 11 is 0. The number of hydrogen-bond acceptors (Lipinski definition) is 9. The number of carbonyl (C=O) groups excluding carboxylic acids is 6. The summed E-state index contributed by atoms with van der Waals surface area (Å²) in [5.41, 5.74) is 18.3. The number of carbonyl (C=O) groups is 6. The maximum Gasteiger partial charge on any atom is 0.246 e. The average Bonchev–Trinajstić information content (AvgIpc) is 3.81. The van der Waals surface area contributed by atoms with E-state index in [4.69, 9.17) is 17.2 Å². The van der Waals surface area contributed by atoms with Crippen LogP contribution in [0.3, 0.4) is 0 Å². The molecule has 2 aliphatic heterocycles. The van der Waals surface area contributed by atoms with E-state index in [1.54, 1.807) is 13.1 Å². The first-order chi connectivity index (χ1) is 26.2. The Morgan fingerprint density at radius 2 is 1.47 bits per heavy atom. The molecular formula is C37H57N11O7. The molecule has 1 aromatic heterocycles. The van der Waals surface area contributed by atoms with Gasteiger partial charge in [0, 0.05) is 36.6 Å². The molecule has 2 aliphatic rings. The standard InChI is InChI=1S/C37H57N11O7/c1-4-20(2)29-34(53)44-26(13-8-16-41-37(39)40)31(50)43-25(12-7-15-38)32(51)45-27(18-22-19-42-24-11-6-5-10-23(22)24)36(55)48-17-9-14-28(48)33(52)47-30(21(3)49)35(54)46-29/h5-6,10-11,19-21,25-30,42,49H,4,7-9,12-18,38H2,1-3H3,(H,43,50)(H,44,53)(H,45,51)(H,46,54)(H,47,52)(H4,39,40,41)/t20-,21+,25-,26+,27-,28+,29-,30-/m0/s1. The van der Waals surface area contributed by atoms with E-state index in [1.165, 1.54) is 11.8 Å². The molecule has 0 saturated carbocycles. The number of aromatic nitrogens is 1. The van der Waals surface area contributed by atoms with Gasteiger partial charge in [-0.25, -0.2) is 0 Å². The molecule has 18 heteroatoms. The third-order valence-electron chi connectivity index (χ3n) is 10.3. The Kier molecular flexibility index (Phi) is 15.4. The van der Waals surface area contributed by atoms with E-state index in [0.717, 1.165) is 16.5 Å². The van der Waals surface area contributed by atoms with E-state index in [1.807, 2.05) is 31.2 Å². The number of rotatable bonds is 12. The molecule has 0 unspecified atom stereocenters. The van der Waals surface area contributed by atoms with Crippen molar-refractivity contribution in [3.8, 4) is 0 Å². The summed E-state index contributed by atoms with van der Waals surface area (Å²) < 4.78 is 0. The number of hydrogen-bond donors (Lipinski definition) is 10. The number of aromatic amines is 1. The molecule has 55 heavy (non-hydrogen) atoms. The summed E-state index contributed by atoms with van der Waals surface area (Å²) in [5.74, 6) is -4.61. The van der Waals surface area contributed by atoms with Crippen molar-refractivity contribution in [2.75, 3.05) is 19.6 Å². The Hall–Kier alpha value is -5.23. The predicted octanol–water partition coefficient (Wildman–Crippen LogP) is -1.64. The molecule has 1 aromatic carbocycles. The molecule has 13 N–H and O–H groups in total. The Balaban J connectivity index is 1.77. The van der Waals surface area contributed by atoms with E-state index < -0.39 is 83.7 Å². The van der Waals surface area contributed by atoms with Crippen molar-refractivity contribution in [1.29, 1.82) is 0 Å². The molecule has 0 aliphatic carbocycles. The average molecular weight is 768 g/mol. The molecular weight excluding hydrogens is 710 g/mol. The Labute approximate surface area is 320 Å². The minimum atomic E-state index is -1.48. The van der Waals surface area contributed by atoms with Crippen LogP contribution in [0.25, 0.3) is 10.9 Å². The predicted molar refractivity (Wildman–Crippen MR) is 206 cm³/mol. The van der Waals surface area contributed by atoms with Crippen molar-refractivity contribution >= 4 is 52.3 Å². The number of aliphatic hydroxyl groups is 1. The molecule has 2 saturated heterocycles. The van der Waals surface area contributed by atoms with Crippen LogP contribution in [0.15, 0.2) is 35.5 Å². The van der Waals surface area contributed by atoms with Crippen molar-refractivity contribution in [1.82, 2.24) is 36.5 Å². The molecule has 4 rings (SSSR count). The van der Waals surface area contributed by atoms with Gasteiger partial charge in [0.15, 0.2) is 5.96 Å². The van der Waals surface area contributed by atoms with Crippen LogP contribution in [0.1, 0.15) is 71.3 Å². The molecule has 18 nitrogen and oxygen atoms in total. The molecule has 0 bridgehead atoms. The number of fused-ring (bicyclic) bond motifs is 2.